The lowest BCUT2D eigenvalue weighted by Crippen LogP contribution is -2.41. The van der Waals surface area contributed by atoms with Crippen molar-refractivity contribution in [2.75, 3.05) is 4.90 Å². The van der Waals surface area contributed by atoms with Crippen molar-refractivity contribution in [1.82, 2.24) is 10.9 Å². The molecule has 2 heterocycles. The summed E-state index contributed by atoms with van der Waals surface area (Å²) >= 11 is 0. The molecule has 29 heavy (non-hydrogen) atoms. The predicted octanol–water partition coefficient (Wildman–Crippen LogP) is 4.06. The van der Waals surface area contributed by atoms with Gasteiger partial charge in [-0.3, -0.25) is 4.79 Å². The number of hydrogen-bond acceptors (Lipinski definition) is 3. The van der Waals surface area contributed by atoms with E-state index in [1.165, 1.54) is 17.7 Å². The van der Waals surface area contributed by atoms with Gasteiger partial charge in [0.2, 0.25) is 5.91 Å². The number of hydrogen-bond donors (Lipinski definition) is 2. The lowest BCUT2D eigenvalue weighted by atomic mass is 9.83. The van der Waals surface area contributed by atoms with E-state index >= 15 is 0 Å². The van der Waals surface area contributed by atoms with E-state index in [-0.39, 0.29) is 35.8 Å². The summed E-state index contributed by atoms with van der Waals surface area (Å²) in [5.41, 5.74) is 10.7. The van der Waals surface area contributed by atoms with Gasteiger partial charge in [-0.05, 0) is 42.3 Å². The lowest BCUT2D eigenvalue weighted by Gasteiger charge is -2.31. The van der Waals surface area contributed by atoms with Crippen molar-refractivity contribution in [3.63, 3.8) is 0 Å². The molecular weight excluding hydrogens is 365 g/mol. The molecular formula is C24H22FN3O. The zero-order valence-electron chi connectivity index (χ0n) is 16.0. The molecule has 0 aromatic heterocycles. The van der Waals surface area contributed by atoms with Gasteiger partial charge in [0.15, 0.2) is 0 Å². The first-order valence-electron chi connectivity index (χ1n) is 9.85. The smallest absolute Gasteiger partial charge is 0.246 e. The topological polar surface area (TPSA) is 44.4 Å². The van der Waals surface area contributed by atoms with Gasteiger partial charge >= 0.3 is 0 Å². The number of carbonyl (C=O) groups excluding carboxylic acids is 1. The van der Waals surface area contributed by atoms with Gasteiger partial charge in [-0.1, -0.05) is 60.2 Å². The van der Waals surface area contributed by atoms with E-state index < -0.39 is 0 Å². The molecule has 2 saturated heterocycles. The number of rotatable bonds is 3. The Morgan fingerprint density at radius 3 is 2.14 bits per heavy atom. The predicted molar refractivity (Wildman–Crippen MR) is 111 cm³/mol. The third-order valence-corrected chi connectivity index (χ3v) is 5.99. The molecule has 1 amide bonds. The molecule has 4 nitrogen and oxygen atoms in total. The maximum absolute atomic E-state index is 13.5. The molecule has 5 heteroatoms. The Labute approximate surface area is 169 Å². The van der Waals surface area contributed by atoms with Crippen molar-refractivity contribution in [1.29, 1.82) is 0 Å². The highest BCUT2D eigenvalue weighted by Gasteiger charge is 2.55. The van der Waals surface area contributed by atoms with Crippen LogP contribution in [0.2, 0.25) is 0 Å². The number of benzene rings is 3. The number of fused-ring (bicyclic) bond motifs is 1. The maximum Gasteiger partial charge on any atom is 0.246 e. The Balaban J connectivity index is 1.61. The van der Waals surface area contributed by atoms with E-state index in [4.69, 9.17) is 0 Å². The van der Waals surface area contributed by atoms with Crippen LogP contribution in [0.15, 0.2) is 78.9 Å². The molecule has 2 aliphatic heterocycles. The number of amides is 1. The van der Waals surface area contributed by atoms with E-state index in [1.54, 1.807) is 12.1 Å². The van der Waals surface area contributed by atoms with Crippen molar-refractivity contribution in [2.45, 2.75) is 25.0 Å². The summed E-state index contributed by atoms with van der Waals surface area (Å²) in [6.07, 6.45) is 0. The normalized spacial score (nSPS) is 26.0. The molecule has 0 saturated carbocycles. The van der Waals surface area contributed by atoms with Crippen molar-refractivity contribution in [3.8, 4) is 0 Å². The van der Waals surface area contributed by atoms with Crippen molar-refractivity contribution >= 4 is 11.6 Å². The molecule has 0 aliphatic carbocycles. The third-order valence-electron chi connectivity index (χ3n) is 5.99. The second-order valence-electron chi connectivity index (χ2n) is 7.77. The quantitative estimate of drug-likeness (QED) is 0.713. The minimum Gasteiger partial charge on any atom is -0.303 e. The number of carbonyl (C=O) groups is 1. The van der Waals surface area contributed by atoms with Gasteiger partial charge in [-0.25, -0.2) is 15.2 Å². The van der Waals surface area contributed by atoms with Crippen LogP contribution in [-0.4, -0.2) is 11.9 Å². The zero-order valence-corrected chi connectivity index (χ0v) is 16.0. The van der Waals surface area contributed by atoms with E-state index in [9.17, 15) is 9.18 Å². The van der Waals surface area contributed by atoms with Crippen LogP contribution >= 0.6 is 0 Å². The van der Waals surface area contributed by atoms with Gasteiger partial charge < -0.3 is 4.90 Å². The summed E-state index contributed by atoms with van der Waals surface area (Å²) in [5.74, 6) is -0.315. The molecule has 146 valence electrons. The lowest BCUT2D eigenvalue weighted by molar-refractivity contribution is -0.119. The average Bonchev–Trinajstić information content (AvgIpc) is 3.29. The fourth-order valence-electron chi connectivity index (χ4n) is 4.60. The first-order chi connectivity index (χ1) is 14.1. The first kappa shape index (κ1) is 18.0. The second kappa shape index (κ2) is 7.10. The van der Waals surface area contributed by atoms with Crippen LogP contribution in [0.1, 0.15) is 28.8 Å². The van der Waals surface area contributed by atoms with Crippen LogP contribution in [0.3, 0.4) is 0 Å². The van der Waals surface area contributed by atoms with Gasteiger partial charge in [0.1, 0.15) is 11.9 Å². The Morgan fingerprint density at radius 1 is 0.793 bits per heavy atom. The molecule has 2 fully saturated rings. The number of anilines is 1. The molecule has 0 spiro atoms. The molecule has 0 bridgehead atoms. The number of aryl methyl sites for hydroxylation is 1. The van der Waals surface area contributed by atoms with Crippen LogP contribution in [0.25, 0.3) is 0 Å². The summed E-state index contributed by atoms with van der Waals surface area (Å²) in [4.78, 5) is 15.2. The number of nitrogens with zero attached hydrogens (tertiary/aromatic N) is 1. The summed E-state index contributed by atoms with van der Waals surface area (Å²) in [6.45, 7) is 2.06. The molecule has 4 unspecified atom stereocenters. The van der Waals surface area contributed by atoms with Crippen molar-refractivity contribution in [3.05, 3.63) is 101 Å². The van der Waals surface area contributed by atoms with Gasteiger partial charge in [0.05, 0.1) is 12.1 Å². The third kappa shape index (κ3) is 3.03. The summed E-state index contributed by atoms with van der Waals surface area (Å²) in [6, 6.07) is 24.1. The molecule has 3 aromatic rings. The monoisotopic (exact) mass is 387 g/mol. The molecule has 3 aromatic carbocycles. The van der Waals surface area contributed by atoms with Crippen LogP contribution in [0.5, 0.6) is 0 Å². The van der Waals surface area contributed by atoms with Gasteiger partial charge in [0, 0.05) is 11.6 Å². The van der Waals surface area contributed by atoms with Gasteiger partial charge in [-0.15, -0.1) is 0 Å². The largest absolute Gasteiger partial charge is 0.303 e. The fourth-order valence-corrected chi connectivity index (χ4v) is 4.60. The maximum atomic E-state index is 13.5. The van der Waals surface area contributed by atoms with Crippen LogP contribution in [0.4, 0.5) is 10.1 Å². The Hall–Kier alpha value is -3.02. The van der Waals surface area contributed by atoms with Gasteiger partial charge in [0.25, 0.3) is 0 Å². The van der Waals surface area contributed by atoms with Crippen molar-refractivity contribution in [2.24, 2.45) is 5.92 Å². The fraction of sp³-hybridized carbons (Fsp3) is 0.208. The summed E-state index contributed by atoms with van der Waals surface area (Å²) in [7, 11) is 0. The average molecular weight is 387 g/mol. The first-order valence-corrected chi connectivity index (χ1v) is 9.85. The Morgan fingerprint density at radius 2 is 1.45 bits per heavy atom. The second-order valence-corrected chi connectivity index (χ2v) is 7.77. The zero-order chi connectivity index (χ0) is 20.0. The van der Waals surface area contributed by atoms with Crippen LogP contribution in [-0.2, 0) is 4.79 Å². The number of hydrazine groups is 1. The molecule has 2 N–H and O–H groups in total. The molecule has 5 rings (SSSR count). The molecule has 0 radical (unpaired) electrons. The summed E-state index contributed by atoms with van der Waals surface area (Å²) < 4.78 is 13.5. The molecule has 4 atom stereocenters. The minimum absolute atomic E-state index is 0.00217. The van der Waals surface area contributed by atoms with Crippen molar-refractivity contribution < 1.29 is 9.18 Å². The van der Waals surface area contributed by atoms with Gasteiger partial charge in [-0.2, -0.15) is 0 Å². The standard InChI is InChI=1S/C24H22FN3O/c1-15-7-9-16(10-8-15)21-20-22(27-26-21)24(29)28(19-13-11-18(25)12-14-19)23(20)17-5-3-2-4-6-17/h2-14,20-23,26-27H,1H3. The van der Waals surface area contributed by atoms with E-state index in [2.05, 4.69) is 54.2 Å². The molecule has 2 aliphatic rings. The van der Waals surface area contributed by atoms with E-state index in [0.717, 1.165) is 11.1 Å². The van der Waals surface area contributed by atoms with E-state index in [0.29, 0.717) is 5.69 Å². The minimum atomic E-state index is -0.350. The SMILES string of the molecule is Cc1ccc(C2NNC3C(=O)N(c4ccc(F)cc4)C(c4ccccc4)C32)cc1. The van der Waals surface area contributed by atoms with E-state index in [1.807, 2.05) is 23.1 Å². The highest BCUT2D eigenvalue weighted by molar-refractivity contribution is 6.01. The number of nitrogens with one attached hydrogen (secondary N) is 2. The van der Waals surface area contributed by atoms with Crippen LogP contribution < -0.4 is 15.8 Å². The Bertz CT molecular complexity index is 1020. The van der Waals surface area contributed by atoms with Crippen LogP contribution in [0, 0.1) is 18.7 Å². The number of halogens is 1. The summed E-state index contributed by atoms with van der Waals surface area (Å²) in [5, 5.41) is 0. The Kier molecular flexibility index (Phi) is 4.42. The highest BCUT2D eigenvalue weighted by atomic mass is 19.1. The highest BCUT2D eigenvalue weighted by Crippen LogP contribution is 2.48.